The van der Waals surface area contributed by atoms with Crippen LogP contribution in [0.3, 0.4) is 0 Å². The molecule has 30 heavy (non-hydrogen) atoms. The van der Waals surface area contributed by atoms with E-state index in [-0.39, 0.29) is 28.3 Å². The molecule has 2 aromatic heterocycles. The SMILES string of the molecule is O=[N+]([O-])c1c(Nc2cccnc2Cl)ncnc1N1CCN(c2ccc(F)cc2)CC1. The molecule has 3 aromatic rings. The van der Waals surface area contributed by atoms with Gasteiger partial charge in [-0.3, -0.25) is 10.1 Å². The van der Waals surface area contributed by atoms with Crippen LogP contribution in [-0.4, -0.2) is 46.1 Å². The number of halogens is 2. The second-order valence-electron chi connectivity index (χ2n) is 6.57. The van der Waals surface area contributed by atoms with E-state index >= 15 is 0 Å². The fraction of sp³-hybridized carbons (Fsp3) is 0.211. The minimum absolute atomic E-state index is 0.0425. The van der Waals surface area contributed by atoms with Crippen LogP contribution < -0.4 is 15.1 Å². The zero-order valence-electron chi connectivity index (χ0n) is 15.7. The van der Waals surface area contributed by atoms with Gasteiger partial charge in [-0.2, -0.15) is 0 Å². The van der Waals surface area contributed by atoms with Gasteiger partial charge in [-0.1, -0.05) is 11.6 Å². The molecule has 1 saturated heterocycles. The average molecular weight is 430 g/mol. The molecule has 0 unspecified atom stereocenters. The van der Waals surface area contributed by atoms with Gasteiger partial charge in [0, 0.05) is 38.1 Å². The predicted octanol–water partition coefficient (Wildman–Crippen LogP) is 3.64. The molecule has 11 heteroatoms. The number of rotatable bonds is 5. The summed E-state index contributed by atoms with van der Waals surface area (Å²) in [6, 6.07) is 9.59. The van der Waals surface area contributed by atoms with Crippen molar-refractivity contribution in [3.8, 4) is 0 Å². The van der Waals surface area contributed by atoms with Gasteiger partial charge < -0.3 is 15.1 Å². The Balaban J connectivity index is 1.56. The summed E-state index contributed by atoms with van der Waals surface area (Å²) < 4.78 is 13.2. The van der Waals surface area contributed by atoms with Crippen LogP contribution in [0.5, 0.6) is 0 Å². The Labute approximate surface area is 176 Å². The third-order valence-corrected chi connectivity index (χ3v) is 5.07. The molecule has 0 aliphatic carbocycles. The number of hydrogen-bond acceptors (Lipinski definition) is 8. The summed E-state index contributed by atoms with van der Waals surface area (Å²) in [5.41, 5.74) is 1.09. The van der Waals surface area contributed by atoms with E-state index in [0.29, 0.717) is 31.9 Å². The molecule has 0 amide bonds. The summed E-state index contributed by atoms with van der Waals surface area (Å²) in [6.45, 7) is 2.26. The van der Waals surface area contributed by atoms with Crippen LogP contribution in [-0.2, 0) is 0 Å². The quantitative estimate of drug-likeness (QED) is 0.372. The first-order valence-electron chi connectivity index (χ1n) is 9.15. The third kappa shape index (κ3) is 4.08. The van der Waals surface area contributed by atoms with Gasteiger partial charge in [0.25, 0.3) is 0 Å². The largest absolute Gasteiger partial charge is 0.368 e. The Hall–Kier alpha value is -3.53. The van der Waals surface area contributed by atoms with Crippen molar-refractivity contribution >= 4 is 40.3 Å². The van der Waals surface area contributed by atoms with Crippen LogP contribution in [0.15, 0.2) is 48.9 Å². The molecule has 1 aliphatic rings. The first-order valence-corrected chi connectivity index (χ1v) is 9.53. The molecule has 0 bridgehead atoms. The van der Waals surface area contributed by atoms with Gasteiger partial charge in [0.1, 0.15) is 12.1 Å². The van der Waals surface area contributed by atoms with Crippen molar-refractivity contribution < 1.29 is 9.31 Å². The Morgan fingerprint density at radius 2 is 1.73 bits per heavy atom. The summed E-state index contributed by atoms with van der Waals surface area (Å²) in [4.78, 5) is 27.4. The van der Waals surface area contributed by atoms with Gasteiger partial charge in [-0.05, 0) is 36.4 Å². The monoisotopic (exact) mass is 429 g/mol. The van der Waals surface area contributed by atoms with Crippen LogP contribution >= 0.6 is 11.6 Å². The van der Waals surface area contributed by atoms with Crippen molar-refractivity contribution in [2.24, 2.45) is 0 Å². The third-order valence-electron chi connectivity index (χ3n) is 4.77. The molecule has 1 aliphatic heterocycles. The van der Waals surface area contributed by atoms with E-state index in [4.69, 9.17) is 11.6 Å². The summed E-state index contributed by atoms with van der Waals surface area (Å²) >= 11 is 6.05. The first kappa shape index (κ1) is 19.8. The van der Waals surface area contributed by atoms with E-state index < -0.39 is 4.92 Å². The van der Waals surface area contributed by atoms with Crippen LogP contribution in [0.25, 0.3) is 0 Å². The van der Waals surface area contributed by atoms with Crippen LogP contribution in [0.1, 0.15) is 0 Å². The minimum Gasteiger partial charge on any atom is -0.368 e. The van der Waals surface area contributed by atoms with Gasteiger partial charge in [0.15, 0.2) is 5.15 Å². The second kappa shape index (κ2) is 8.46. The summed E-state index contributed by atoms with van der Waals surface area (Å²) in [5, 5.41) is 14.9. The van der Waals surface area contributed by atoms with Crippen LogP contribution in [0.4, 0.5) is 33.1 Å². The lowest BCUT2D eigenvalue weighted by molar-refractivity contribution is -0.383. The Morgan fingerprint density at radius 3 is 2.40 bits per heavy atom. The maximum absolute atomic E-state index is 13.2. The Bertz CT molecular complexity index is 1060. The highest BCUT2D eigenvalue weighted by Gasteiger charge is 2.29. The molecule has 0 atom stereocenters. The van der Waals surface area contributed by atoms with Gasteiger partial charge in [0.05, 0.1) is 10.6 Å². The van der Waals surface area contributed by atoms with Crippen molar-refractivity contribution in [1.29, 1.82) is 0 Å². The van der Waals surface area contributed by atoms with Gasteiger partial charge in [-0.15, -0.1) is 0 Å². The van der Waals surface area contributed by atoms with Crippen molar-refractivity contribution in [3.05, 3.63) is 70.0 Å². The van der Waals surface area contributed by atoms with Crippen molar-refractivity contribution in [3.63, 3.8) is 0 Å². The number of benzene rings is 1. The number of nitro groups is 1. The molecule has 0 radical (unpaired) electrons. The number of nitrogens with zero attached hydrogens (tertiary/aromatic N) is 6. The second-order valence-corrected chi connectivity index (χ2v) is 6.93. The molecule has 1 fully saturated rings. The predicted molar refractivity (Wildman–Crippen MR) is 112 cm³/mol. The molecular formula is C19H17ClFN7O2. The Kier molecular flexibility index (Phi) is 5.57. The lowest BCUT2D eigenvalue weighted by Crippen LogP contribution is -2.47. The molecule has 1 N–H and O–H groups in total. The molecule has 0 saturated carbocycles. The summed E-state index contributed by atoms with van der Waals surface area (Å²) in [6.07, 6.45) is 2.80. The van der Waals surface area contributed by atoms with Crippen molar-refractivity contribution in [2.75, 3.05) is 41.3 Å². The van der Waals surface area contributed by atoms with E-state index in [1.807, 2.05) is 4.90 Å². The molecule has 9 nitrogen and oxygen atoms in total. The van der Waals surface area contributed by atoms with Crippen LogP contribution in [0, 0.1) is 15.9 Å². The number of aromatic nitrogens is 3. The average Bonchev–Trinajstić information content (AvgIpc) is 2.76. The minimum atomic E-state index is -0.506. The Morgan fingerprint density at radius 1 is 1.03 bits per heavy atom. The van der Waals surface area contributed by atoms with E-state index in [2.05, 4.69) is 25.2 Å². The first-order chi connectivity index (χ1) is 14.5. The summed E-state index contributed by atoms with van der Waals surface area (Å²) in [7, 11) is 0. The maximum Gasteiger partial charge on any atom is 0.353 e. The molecule has 3 heterocycles. The number of nitrogens with one attached hydrogen (secondary N) is 1. The van der Waals surface area contributed by atoms with E-state index in [9.17, 15) is 14.5 Å². The smallest absolute Gasteiger partial charge is 0.353 e. The number of anilines is 4. The van der Waals surface area contributed by atoms with Gasteiger partial charge in [-0.25, -0.2) is 19.3 Å². The number of pyridine rings is 1. The van der Waals surface area contributed by atoms with E-state index in [0.717, 1.165) is 5.69 Å². The van der Waals surface area contributed by atoms with E-state index in [1.54, 1.807) is 24.3 Å². The highest BCUT2D eigenvalue weighted by Crippen LogP contribution is 2.35. The normalized spacial score (nSPS) is 13.9. The van der Waals surface area contributed by atoms with Crippen molar-refractivity contribution in [1.82, 2.24) is 15.0 Å². The molecule has 1 aromatic carbocycles. The summed E-state index contributed by atoms with van der Waals surface area (Å²) in [5.74, 6) is -0.0140. The molecule has 154 valence electrons. The lowest BCUT2D eigenvalue weighted by atomic mass is 10.2. The topological polar surface area (TPSA) is 100 Å². The fourth-order valence-electron chi connectivity index (χ4n) is 3.30. The standard InChI is InChI=1S/C19H17ClFN7O2/c20-17-15(2-1-7-22-17)25-18-16(28(29)30)19(24-12-23-18)27-10-8-26(9-11-27)14-5-3-13(21)4-6-14/h1-7,12H,8-11H2,(H,23,24,25). The fourth-order valence-corrected chi connectivity index (χ4v) is 3.46. The molecule has 0 spiro atoms. The molecular weight excluding hydrogens is 413 g/mol. The number of piperazine rings is 1. The highest BCUT2D eigenvalue weighted by molar-refractivity contribution is 6.32. The molecule has 4 rings (SSSR count). The number of hydrogen-bond donors (Lipinski definition) is 1. The van der Waals surface area contributed by atoms with Gasteiger partial charge >= 0.3 is 5.69 Å². The van der Waals surface area contributed by atoms with Crippen molar-refractivity contribution in [2.45, 2.75) is 0 Å². The zero-order chi connectivity index (χ0) is 21.1. The maximum atomic E-state index is 13.2. The van der Waals surface area contributed by atoms with E-state index in [1.165, 1.54) is 24.7 Å². The zero-order valence-corrected chi connectivity index (χ0v) is 16.5. The highest BCUT2D eigenvalue weighted by atomic mass is 35.5. The lowest BCUT2D eigenvalue weighted by Gasteiger charge is -2.36. The van der Waals surface area contributed by atoms with Crippen LogP contribution in [0.2, 0.25) is 5.15 Å². The van der Waals surface area contributed by atoms with Gasteiger partial charge in [0.2, 0.25) is 11.6 Å².